The van der Waals surface area contributed by atoms with Crippen molar-refractivity contribution in [3.05, 3.63) is 24.2 Å². The van der Waals surface area contributed by atoms with E-state index in [1.54, 1.807) is 6.26 Å². The van der Waals surface area contributed by atoms with Gasteiger partial charge in [0.25, 0.3) is 0 Å². The molecule has 0 aliphatic heterocycles. The maximum atomic E-state index is 12.3. The molecular formula is C26H41N3O3. The highest BCUT2D eigenvalue weighted by Gasteiger charge is 2.67. The molecule has 0 spiro atoms. The van der Waals surface area contributed by atoms with Gasteiger partial charge in [0.05, 0.1) is 37.4 Å². The standard InChI is InChI=1S/C26H41N3O3/c1-24-9-5-19(32-14-12-29-23(27)28)15-18(24)3-4-22-21(24)6-10-25(2)20(7-11-26(22,25)30)17-8-13-31-16-17/h8,13,16,18-22,30H,3-7,9-12,14-15H2,1-2H3,(H4,27,28,29)/t18?,19?,20?,21-,22-,24+,25-,26-/m1/s1. The van der Waals surface area contributed by atoms with Crippen LogP contribution in [0.15, 0.2) is 28.0 Å². The molecule has 5 N–H and O–H groups in total. The van der Waals surface area contributed by atoms with Crippen molar-refractivity contribution in [2.24, 2.45) is 45.0 Å². The quantitative estimate of drug-likeness (QED) is 0.359. The lowest BCUT2D eigenvalue weighted by atomic mass is 9.43. The Morgan fingerprint density at radius 2 is 1.97 bits per heavy atom. The van der Waals surface area contributed by atoms with E-state index >= 15 is 0 Å². The lowest BCUT2D eigenvalue weighted by Crippen LogP contribution is -2.62. The molecule has 32 heavy (non-hydrogen) atoms. The molecule has 4 fully saturated rings. The number of hydrogen-bond acceptors (Lipinski definition) is 4. The predicted octanol–water partition coefficient (Wildman–Crippen LogP) is 4.18. The SMILES string of the molecule is C[C@]12CCC(OCCN=C(N)N)CC1CC[C@@H]1[C@H]2CC[C@]2(C)C(c3ccoc3)CC[C@@]12O. The van der Waals surface area contributed by atoms with Crippen LogP contribution in [0.1, 0.15) is 83.1 Å². The summed E-state index contributed by atoms with van der Waals surface area (Å²) in [7, 11) is 0. The zero-order chi connectivity index (χ0) is 22.6. The molecule has 0 bridgehead atoms. The maximum absolute atomic E-state index is 12.3. The molecule has 178 valence electrons. The lowest BCUT2D eigenvalue weighted by Gasteiger charge is -2.63. The number of aliphatic hydroxyl groups is 1. The molecule has 5 rings (SSSR count). The normalized spacial score (nSPS) is 45.5. The first-order valence-electron chi connectivity index (χ1n) is 12.7. The minimum atomic E-state index is -0.556. The number of fused-ring (bicyclic) bond motifs is 5. The van der Waals surface area contributed by atoms with E-state index < -0.39 is 5.60 Å². The topological polar surface area (TPSA) is 107 Å². The van der Waals surface area contributed by atoms with Crippen LogP contribution < -0.4 is 11.5 Å². The Morgan fingerprint density at radius 3 is 2.72 bits per heavy atom. The third-order valence-corrected chi connectivity index (χ3v) is 10.5. The van der Waals surface area contributed by atoms with Crippen LogP contribution in [-0.2, 0) is 4.74 Å². The summed E-state index contributed by atoms with van der Waals surface area (Å²) in [6, 6.07) is 2.11. The first-order valence-corrected chi connectivity index (χ1v) is 12.7. The largest absolute Gasteiger partial charge is 0.472 e. The van der Waals surface area contributed by atoms with Crippen molar-refractivity contribution in [2.45, 2.75) is 89.3 Å². The van der Waals surface area contributed by atoms with Crippen LogP contribution in [0.5, 0.6) is 0 Å². The molecule has 4 aliphatic rings. The molecule has 4 saturated carbocycles. The molecule has 6 heteroatoms. The van der Waals surface area contributed by atoms with Crippen LogP contribution in [-0.4, -0.2) is 35.9 Å². The molecule has 1 aromatic rings. The maximum Gasteiger partial charge on any atom is 0.185 e. The monoisotopic (exact) mass is 443 g/mol. The average molecular weight is 444 g/mol. The van der Waals surface area contributed by atoms with Gasteiger partial charge >= 0.3 is 0 Å². The van der Waals surface area contributed by atoms with Crippen molar-refractivity contribution in [1.82, 2.24) is 0 Å². The fraction of sp³-hybridized carbons (Fsp3) is 0.808. The van der Waals surface area contributed by atoms with E-state index in [4.69, 9.17) is 20.6 Å². The van der Waals surface area contributed by atoms with E-state index in [1.165, 1.54) is 24.8 Å². The Bertz CT molecular complexity index is 837. The number of nitrogens with two attached hydrogens (primary N) is 2. The van der Waals surface area contributed by atoms with Gasteiger partial charge in [0, 0.05) is 5.41 Å². The Balaban J connectivity index is 1.30. The van der Waals surface area contributed by atoms with Gasteiger partial charge in [-0.25, -0.2) is 0 Å². The zero-order valence-corrected chi connectivity index (χ0v) is 19.8. The van der Waals surface area contributed by atoms with Crippen LogP contribution in [0.3, 0.4) is 0 Å². The van der Waals surface area contributed by atoms with Crippen LogP contribution in [0, 0.1) is 28.6 Å². The zero-order valence-electron chi connectivity index (χ0n) is 19.8. The number of guanidine groups is 1. The molecular weight excluding hydrogens is 402 g/mol. The van der Waals surface area contributed by atoms with E-state index in [2.05, 4.69) is 24.9 Å². The number of furan rings is 1. The van der Waals surface area contributed by atoms with E-state index in [1.807, 2.05) is 6.26 Å². The summed E-state index contributed by atoms with van der Waals surface area (Å²) in [4.78, 5) is 4.04. The van der Waals surface area contributed by atoms with Gasteiger partial charge in [0.2, 0.25) is 0 Å². The van der Waals surface area contributed by atoms with Crippen molar-refractivity contribution in [3.63, 3.8) is 0 Å². The summed E-state index contributed by atoms with van der Waals surface area (Å²) in [6.07, 6.45) is 14.1. The Labute approximate surface area is 192 Å². The van der Waals surface area contributed by atoms with Crippen molar-refractivity contribution in [1.29, 1.82) is 0 Å². The molecule has 0 amide bonds. The molecule has 4 aliphatic carbocycles. The van der Waals surface area contributed by atoms with Crippen molar-refractivity contribution in [2.75, 3.05) is 13.2 Å². The Morgan fingerprint density at radius 1 is 1.12 bits per heavy atom. The number of ether oxygens (including phenoxy) is 1. The van der Waals surface area contributed by atoms with E-state index in [0.29, 0.717) is 48.3 Å². The summed E-state index contributed by atoms with van der Waals surface area (Å²) in [6.45, 7) is 6.02. The summed E-state index contributed by atoms with van der Waals surface area (Å²) in [5.74, 6) is 2.26. The number of aliphatic imine (C=N–C) groups is 1. The average Bonchev–Trinajstić information content (AvgIpc) is 3.37. The predicted molar refractivity (Wildman–Crippen MR) is 125 cm³/mol. The summed E-state index contributed by atoms with van der Waals surface area (Å²) >= 11 is 0. The van der Waals surface area contributed by atoms with Gasteiger partial charge in [-0.15, -0.1) is 0 Å². The highest BCUT2D eigenvalue weighted by molar-refractivity contribution is 5.75. The highest BCUT2D eigenvalue weighted by atomic mass is 16.5. The van der Waals surface area contributed by atoms with E-state index in [0.717, 1.165) is 38.5 Å². The number of rotatable bonds is 5. The van der Waals surface area contributed by atoms with Crippen molar-refractivity contribution in [3.8, 4) is 0 Å². The third-order valence-electron chi connectivity index (χ3n) is 10.5. The highest BCUT2D eigenvalue weighted by Crippen LogP contribution is 2.70. The minimum Gasteiger partial charge on any atom is -0.472 e. The van der Waals surface area contributed by atoms with Crippen LogP contribution >= 0.6 is 0 Å². The van der Waals surface area contributed by atoms with Gasteiger partial charge in [-0.1, -0.05) is 13.8 Å². The Kier molecular flexibility index (Phi) is 5.60. The van der Waals surface area contributed by atoms with Crippen molar-refractivity contribution < 1.29 is 14.3 Å². The molecule has 1 heterocycles. The second kappa shape index (κ2) is 8.05. The first-order chi connectivity index (χ1) is 15.3. The van der Waals surface area contributed by atoms with E-state index in [9.17, 15) is 5.11 Å². The molecule has 6 nitrogen and oxygen atoms in total. The molecule has 3 unspecified atom stereocenters. The summed E-state index contributed by atoms with van der Waals surface area (Å²) in [5, 5.41) is 12.3. The van der Waals surface area contributed by atoms with Gasteiger partial charge in [-0.05, 0) is 98.5 Å². The Hall–Kier alpha value is -1.53. The first kappa shape index (κ1) is 22.3. The van der Waals surface area contributed by atoms with Gasteiger partial charge in [0.1, 0.15) is 0 Å². The smallest absolute Gasteiger partial charge is 0.185 e. The molecule has 0 aromatic carbocycles. The minimum absolute atomic E-state index is 0.0487. The lowest BCUT2D eigenvalue weighted by molar-refractivity contribution is -0.207. The van der Waals surface area contributed by atoms with E-state index in [-0.39, 0.29) is 11.4 Å². The summed E-state index contributed by atoms with van der Waals surface area (Å²) < 4.78 is 11.6. The molecule has 0 saturated heterocycles. The van der Waals surface area contributed by atoms with Gasteiger partial charge in [-0.2, -0.15) is 0 Å². The molecule has 8 atom stereocenters. The second-order valence-electron chi connectivity index (χ2n) is 11.6. The van der Waals surface area contributed by atoms with Gasteiger partial charge < -0.3 is 25.7 Å². The van der Waals surface area contributed by atoms with Crippen LogP contribution in [0.4, 0.5) is 0 Å². The third kappa shape index (κ3) is 3.32. The fourth-order valence-corrected chi connectivity index (χ4v) is 8.74. The van der Waals surface area contributed by atoms with Crippen LogP contribution in [0.25, 0.3) is 0 Å². The summed E-state index contributed by atoms with van der Waals surface area (Å²) in [5.41, 5.74) is 11.8. The molecule has 0 radical (unpaired) electrons. The fourth-order valence-electron chi connectivity index (χ4n) is 8.74. The van der Waals surface area contributed by atoms with Crippen LogP contribution in [0.2, 0.25) is 0 Å². The molecule has 1 aromatic heterocycles. The second-order valence-corrected chi connectivity index (χ2v) is 11.6. The van der Waals surface area contributed by atoms with Gasteiger partial charge in [0.15, 0.2) is 5.96 Å². The van der Waals surface area contributed by atoms with Gasteiger partial charge in [-0.3, -0.25) is 4.99 Å². The number of nitrogens with zero attached hydrogens (tertiary/aromatic N) is 1. The number of hydrogen-bond donors (Lipinski definition) is 3. The van der Waals surface area contributed by atoms with Crippen molar-refractivity contribution >= 4 is 5.96 Å².